The molecule has 0 bridgehead atoms. The summed E-state index contributed by atoms with van der Waals surface area (Å²) in [5.74, 6) is -3.47. The second-order valence-electron chi connectivity index (χ2n) is 6.20. The Balaban J connectivity index is 1.90. The third-order valence-corrected chi connectivity index (χ3v) is 4.19. The summed E-state index contributed by atoms with van der Waals surface area (Å²) in [6, 6.07) is 3.40. The first-order valence-electron chi connectivity index (χ1n) is 7.63. The van der Waals surface area contributed by atoms with Gasteiger partial charge in [0.25, 0.3) is 0 Å². The Hall–Kier alpha value is -2.51. The molecule has 0 aliphatic carbocycles. The van der Waals surface area contributed by atoms with Crippen molar-refractivity contribution in [1.82, 2.24) is 10.2 Å². The number of rotatable bonds is 4. The molecule has 0 radical (unpaired) electrons. The van der Waals surface area contributed by atoms with Gasteiger partial charge in [0, 0.05) is 31.0 Å². The van der Waals surface area contributed by atoms with Crippen LogP contribution in [0.25, 0.3) is 0 Å². The second kappa shape index (κ2) is 6.18. The molecule has 2 aromatic rings. The van der Waals surface area contributed by atoms with Crippen LogP contribution in [0.5, 0.6) is 0 Å². The summed E-state index contributed by atoms with van der Waals surface area (Å²) < 4.78 is 32.7. The number of carboxylic acids is 1. The van der Waals surface area contributed by atoms with Gasteiger partial charge < -0.3 is 14.4 Å². The molecular formula is C16H17F2N3O3. The van der Waals surface area contributed by atoms with Gasteiger partial charge >= 0.3 is 12.0 Å². The van der Waals surface area contributed by atoms with E-state index in [0.29, 0.717) is 5.89 Å². The highest BCUT2D eigenvalue weighted by Crippen LogP contribution is 2.36. The smallest absolute Gasteiger partial charge is 0.318 e. The van der Waals surface area contributed by atoms with E-state index in [0.717, 1.165) is 12.1 Å². The topological polar surface area (TPSA) is 79.5 Å². The van der Waals surface area contributed by atoms with E-state index in [1.165, 1.54) is 6.07 Å². The largest absolute Gasteiger partial charge is 0.481 e. The van der Waals surface area contributed by atoms with Gasteiger partial charge in [-0.3, -0.25) is 4.79 Å². The van der Waals surface area contributed by atoms with Crippen LogP contribution < -0.4 is 4.90 Å². The summed E-state index contributed by atoms with van der Waals surface area (Å²) in [7, 11) is 0. The van der Waals surface area contributed by atoms with Gasteiger partial charge in [0.1, 0.15) is 11.6 Å². The van der Waals surface area contributed by atoms with Crippen LogP contribution >= 0.6 is 0 Å². The van der Waals surface area contributed by atoms with Gasteiger partial charge in [-0.25, -0.2) is 8.78 Å². The van der Waals surface area contributed by atoms with E-state index < -0.39 is 29.4 Å². The number of hydrogen-bond donors (Lipinski definition) is 1. The van der Waals surface area contributed by atoms with E-state index in [2.05, 4.69) is 10.2 Å². The average Bonchev–Trinajstić information content (AvgIpc) is 3.13. The molecule has 1 aromatic carbocycles. The van der Waals surface area contributed by atoms with Crippen LogP contribution in [0.1, 0.15) is 37.1 Å². The number of carboxylic acid groups (broad SMARTS) is 1. The molecule has 0 amide bonds. The molecule has 1 N–H and O–H groups in total. The molecule has 1 saturated heterocycles. The fraction of sp³-hybridized carbons (Fsp3) is 0.438. The summed E-state index contributed by atoms with van der Waals surface area (Å²) in [6.45, 7) is 4.13. The lowest BCUT2D eigenvalue weighted by Gasteiger charge is -2.15. The van der Waals surface area contributed by atoms with Gasteiger partial charge in [0.2, 0.25) is 5.89 Å². The molecule has 8 heteroatoms. The van der Waals surface area contributed by atoms with Gasteiger partial charge in [-0.15, -0.1) is 5.10 Å². The van der Waals surface area contributed by atoms with Crippen molar-refractivity contribution < 1.29 is 23.1 Å². The SMILES string of the molecule is CC(C)c1nnc(N2C[C@H](C(=O)O)[C@@H](c3ccc(F)cc3F)C2)o1. The fourth-order valence-corrected chi connectivity index (χ4v) is 2.92. The summed E-state index contributed by atoms with van der Waals surface area (Å²) in [4.78, 5) is 13.2. The molecule has 1 aliphatic heterocycles. The van der Waals surface area contributed by atoms with Gasteiger partial charge in [0.15, 0.2) is 0 Å². The molecular weight excluding hydrogens is 320 g/mol. The van der Waals surface area contributed by atoms with Crippen molar-refractivity contribution >= 4 is 12.0 Å². The lowest BCUT2D eigenvalue weighted by Crippen LogP contribution is -2.23. The number of nitrogens with zero attached hydrogens (tertiary/aromatic N) is 3. The molecule has 0 unspecified atom stereocenters. The van der Waals surface area contributed by atoms with Crippen LogP contribution in [-0.4, -0.2) is 34.4 Å². The van der Waals surface area contributed by atoms with Gasteiger partial charge in [-0.05, 0) is 11.6 Å². The van der Waals surface area contributed by atoms with Crippen molar-refractivity contribution in [2.24, 2.45) is 5.92 Å². The summed E-state index contributed by atoms with van der Waals surface area (Å²) in [5.41, 5.74) is 0.176. The van der Waals surface area contributed by atoms with E-state index in [1.807, 2.05) is 13.8 Å². The summed E-state index contributed by atoms with van der Waals surface area (Å²) in [6.07, 6.45) is 0. The van der Waals surface area contributed by atoms with Crippen LogP contribution in [0.3, 0.4) is 0 Å². The maximum absolute atomic E-state index is 14.1. The third-order valence-electron chi connectivity index (χ3n) is 4.19. The van der Waals surface area contributed by atoms with Crippen LogP contribution in [0, 0.1) is 17.6 Å². The third kappa shape index (κ3) is 2.95. The average molecular weight is 337 g/mol. The fourth-order valence-electron chi connectivity index (χ4n) is 2.92. The predicted octanol–water partition coefficient (Wildman–Crippen LogP) is 2.78. The Kier molecular flexibility index (Phi) is 4.21. The lowest BCUT2D eigenvalue weighted by atomic mass is 9.88. The highest BCUT2D eigenvalue weighted by atomic mass is 19.1. The number of hydrogen-bond acceptors (Lipinski definition) is 5. The van der Waals surface area contributed by atoms with E-state index in [1.54, 1.807) is 4.90 Å². The number of anilines is 1. The van der Waals surface area contributed by atoms with Crippen molar-refractivity contribution in [1.29, 1.82) is 0 Å². The highest BCUT2D eigenvalue weighted by Gasteiger charge is 2.41. The normalized spacial score (nSPS) is 20.8. The van der Waals surface area contributed by atoms with Crippen molar-refractivity contribution in [3.63, 3.8) is 0 Å². The van der Waals surface area contributed by atoms with Crippen molar-refractivity contribution in [3.8, 4) is 0 Å². The van der Waals surface area contributed by atoms with Gasteiger partial charge in [-0.2, -0.15) is 0 Å². The van der Waals surface area contributed by atoms with E-state index in [9.17, 15) is 18.7 Å². The molecule has 1 fully saturated rings. The molecule has 0 spiro atoms. The zero-order valence-corrected chi connectivity index (χ0v) is 13.2. The van der Waals surface area contributed by atoms with Crippen molar-refractivity contribution in [2.75, 3.05) is 18.0 Å². The quantitative estimate of drug-likeness (QED) is 0.924. The maximum atomic E-state index is 14.1. The minimum atomic E-state index is -1.05. The number of carbonyl (C=O) groups is 1. The van der Waals surface area contributed by atoms with E-state index in [4.69, 9.17) is 4.42 Å². The monoisotopic (exact) mass is 337 g/mol. The predicted molar refractivity (Wildman–Crippen MR) is 80.8 cm³/mol. The van der Waals surface area contributed by atoms with Crippen molar-refractivity contribution in [2.45, 2.75) is 25.7 Å². The Morgan fingerprint density at radius 1 is 1.33 bits per heavy atom. The Labute approximate surface area is 137 Å². The highest BCUT2D eigenvalue weighted by molar-refractivity contribution is 5.73. The molecule has 2 heterocycles. The molecule has 6 nitrogen and oxygen atoms in total. The van der Waals surface area contributed by atoms with Crippen LogP contribution in [0.15, 0.2) is 22.6 Å². The Bertz CT molecular complexity index is 763. The molecule has 3 rings (SSSR count). The zero-order valence-electron chi connectivity index (χ0n) is 13.2. The first-order valence-corrected chi connectivity index (χ1v) is 7.63. The number of halogens is 2. The van der Waals surface area contributed by atoms with Crippen molar-refractivity contribution in [3.05, 3.63) is 41.3 Å². The van der Waals surface area contributed by atoms with Crippen LogP contribution in [-0.2, 0) is 4.79 Å². The Morgan fingerprint density at radius 3 is 2.67 bits per heavy atom. The van der Waals surface area contributed by atoms with E-state index in [-0.39, 0.29) is 30.6 Å². The molecule has 24 heavy (non-hydrogen) atoms. The lowest BCUT2D eigenvalue weighted by molar-refractivity contribution is -0.141. The van der Waals surface area contributed by atoms with E-state index >= 15 is 0 Å². The van der Waals surface area contributed by atoms with Crippen LogP contribution in [0.4, 0.5) is 14.8 Å². The summed E-state index contributed by atoms with van der Waals surface area (Å²) in [5, 5.41) is 17.3. The molecule has 0 saturated carbocycles. The minimum absolute atomic E-state index is 0.0504. The second-order valence-corrected chi connectivity index (χ2v) is 6.20. The zero-order chi connectivity index (χ0) is 17.4. The first kappa shape index (κ1) is 16.4. The standard InChI is InChI=1S/C16H17F2N3O3/c1-8(2)14-19-20-16(24-14)21-6-11(12(7-21)15(22)23)10-4-3-9(17)5-13(10)18/h3-5,8,11-12H,6-7H2,1-2H3,(H,22,23)/t11-,12+/m1/s1. The van der Waals surface area contributed by atoms with Gasteiger partial charge in [-0.1, -0.05) is 25.0 Å². The molecule has 128 valence electrons. The molecule has 1 aromatic heterocycles. The van der Waals surface area contributed by atoms with Crippen LogP contribution in [0.2, 0.25) is 0 Å². The molecule has 2 atom stereocenters. The van der Waals surface area contributed by atoms with Gasteiger partial charge in [0.05, 0.1) is 5.92 Å². The molecule has 1 aliphatic rings. The number of aromatic nitrogens is 2. The maximum Gasteiger partial charge on any atom is 0.318 e. The Morgan fingerprint density at radius 2 is 2.08 bits per heavy atom. The first-order chi connectivity index (χ1) is 11.4. The number of aliphatic carboxylic acids is 1. The summed E-state index contributed by atoms with van der Waals surface area (Å²) >= 11 is 0. The number of benzene rings is 1. The minimum Gasteiger partial charge on any atom is -0.481 e.